The second kappa shape index (κ2) is 7.87. The summed E-state index contributed by atoms with van der Waals surface area (Å²) in [5.41, 5.74) is 2.52. The van der Waals surface area contributed by atoms with Crippen molar-refractivity contribution in [3.05, 3.63) is 47.2 Å². The number of carbonyl (C=O) groups excluding carboxylic acids is 1. The third-order valence-electron chi connectivity index (χ3n) is 5.77. The van der Waals surface area contributed by atoms with Crippen LogP contribution in [0.2, 0.25) is 0 Å². The summed E-state index contributed by atoms with van der Waals surface area (Å²) in [4.78, 5) is 16.7. The molecule has 1 saturated heterocycles. The average Bonchev–Trinajstić information content (AvgIpc) is 3.28. The van der Waals surface area contributed by atoms with E-state index < -0.39 is 0 Å². The van der Waals surface area contributed by atoms with Crippen molar-refractivity contribution in [3.63, 3.8) is 0 Å². The van der Waals surface area contributed by atoms with E-state index in [9.17, 15) is 4.79 Å². The summed E-state index contributed by atoms with van der Waals surface area (Å²) >= 11 is 0. The van der Waals surface area contributed by atoms with Crippen LogP contribution in [0.5, 0.6) is 0 Å². The topological polar surface area (TPSA) is 45.9 Å². The Kier molecular flexibility index (Phi) is 5.32. The molecule has 2 aromatic rings. The van der Waals surface area contributed by atoms with E-state index in [0.717, 1.165) is 42.3 Å². The fourth-order valence-electron chi connectivity index (χ4n) is 4.02. The van der Waals surface area contributed by atoms with Gasteiger partial charge in [-0.3, -0.25) is 9.80 Å². The molecule has 0 aliphatic carbocycles. The van der Waals surface area contributed by atoms with Crippen LogP contribution in [0.1, 0.15) is 47.9 Å². The average molecular weight is 368 g/mol. The molecule has 0 spiro atoms. The van der Waals surface area contributed by atoms with Crippen molar-refractivity contribution in [3.8, 4) is 11.3 Å². The lowest BCUT2D eigenvalue weighted by Crippen LogP contribution is -2.41. The van der Waals surface area contributed by atoms with E-state index in [1.807, 2.05) is 30.3 Å². The van der Waals surface area contributed by atoms with Crippen LogP contribution in [0.3, 0.4) is 0 Å². The van der Waals surface area contributed by atoms with Crippen molar-refractivity contribution in [2.24, 2.45) is 0 Å². The first kappa shape index (κ1) is 18.3. The maximum absolute atomic E-state index is 11.8. The third kappa shape index (κ3) is 4.09. The third-order valence-corrected chi connectivity index (χ3v) is 5.77. The van der Waals surface area contributed by atoms with Gasteiger partial charge in [-0.2, -0.15) is 0 Å². The Morgan fingerprint density at radius 2 is 2.11 bits per heavy atom. The molecule has 0 amide bonds. The normalized spacial score (nSPS) is 20.1. The van der Waals surface area contributed by atoms with Crippen LogP contribution in [0.4, 0.5) is 0 Å². The van der Waals surface area contributed by atoms with Crippen LogP contribution in [-0.2, 0) is 17.9 Å². The molecule has 1 aromatic heterocycles. The summed E-state index contributed by atoms with van der Waals surface area (Å²) in [5, 5.41) is 0. The summed E-state index contributed by atoms with van der Waals surface area (Å²) in [7, 11) is 2.14. The van der Waals surface area contributed by atoms with Crippen molar-refractivity contribution < 1.29 is 13.9 Å². The van der Waals surface area contributed by atoms with Crippen LogP contribution in [0.25, 0.3) is 11.3 Å². The first-order chi connectivity index (χ1) is 13.1. The lowest BCUT2D eigenvalue weighted by atomic mass is 10.0. The van der Waals surface area contributed by atoms with Crippen molar-refractivity contribution in [1.29, 1.82) is 0 Å². The van der Waals surface area contributed by atoms with E-state index in [1.165, 1.54) is 25.8 Å². The molecule has 1 fully saturated rings. The monoisotopic (exact) mass is 368 g/mol. The van der Waals surface area contributed by atoms with Gasteiger partial charge in [0.05, 0.1) is 12.1 Å². The van der Waals surface area contributed by atoms with E-state index in [2.05, 4.69) is 23.8 Å². The molecule has 5 nitrogen and oxygen atoms in total. The van der Waals surface area contributed by atoms with E-state index in [-0.39, 0.29) is 5.97 Å². The Bertz CT molecular complexity index is 814. The van der Waals surface area contributed by atoms with Crippen molar-refractivity contribution in [2.45, 2.75) is 45.4 Å². The van der Waals surface area contributed by atoms with Gasteiger partial charge in [-0.05, 0) is 51.6 Å². The van der Waals surface area contributed by atoms with E-state index >= 15 is 0 Å². The molecule has 2 aliphatic rings. The standard InChI is InChI=1S/C22H28N2O3/c1-16-5-3-4-10-24(16)12-11-23(2)14-19-8-9-21(27-19)17-6-7-18-15-26-22(25)20(18)13-17/h6-9,13,16H,3-5,10-12,14-15H2,1-2H3. The predicted octanol–water partition coefficient (Wildman–Crippen LogP) is 3.92. The van der Waals surface area contributed by atoms with Gasteiger partial charge < -0.3 is 9.15 Å². The number of hydrogen-bond donors (Lipinski definition) is 0. The highest BCUT2D eigenvalue weighted by molar-refractivity contribution is 5.94. The molecule has 5 heteroatoms. The highest BCUT2D eigenvalue weighted by atomic mass is 16.5. The fourth-order valence-corrected chi connectivity index (χ4v) is 4.02. The SMILES string of the molecule is CC1CCCCN1CCN(C)Cc1ccc(-c2ccc3c(c2)C(=O)OC3)o1. The Hall–Kier alpha value is -2.11. The molecule has 144 valence electrons. The van der Waals surface area contributed by atoms with Crippen molar-refractivity contribution >= 4 is 5.97 Å². The highest BCUT2D eigenvalue weighted by Gasteiger charge is 2.22. The number of likely N-dealkylation sites (tertiary alicyclic amines) is 1. The van der Waals surface area contributed by atoms with Crippen LogP contribution in [0, 0.1) is 0 Å². The molecule has 0 N–H and O–H groups in total. The number of esters is 1. The van der Waals surface area contributed by atoms with E-state index in [4.69, 9.17) is 9.15 Å². The zero-order chi connectivity index (χ0) is 18.8. The molecular formula is C22H28N2O3. The van der Waals surface area contributed by atoms with Gasteiger partial charge in [-0.1, -0.05) is 18.6 Å². The maximum atomic E-state index is 11.8. The Morgan fingerprint density at radius 3 is 2.96 bits per heavy atom. The lowest BCUT2D eigenvalue weighted by molar-refractivity contribution is 0.0535. The summed E-state index contributed by atoms with van der Waals surface area (Å²) in [5.74, 6) is 1.50. The number of hydrogen-bond acceptors (Lipinski definition) is 5. The number of benzene rings is 1. The summed E-state index contributed by atoms with van der Waals surface area (Å²) in [6.07, 6.45) is 4.01. The minimum absolute atomic E-state index is 0.245. The number of fused-ring (bicyclic) bond motifs is 1. The Morgan fingerprint density at radius 1 is 1.22 bits per heavy atom. The summed E-state index contributed by atoms with van der Waals surface area (Å²) in [6.45, 7) is 6.86. The van der Waals surface area contributed by atoms with Gasteiger partial charge in [0, 0.05) is 30.3 Å². The van der Waals surface area contributed by atoms with Crippen LogP contribution in [0.15, 0.2) is 34.7 Å². The van der Waals surface area contributed by atoms with Gasteiger partial charge in [0.15, 0.2) is 0 Å². The molecule has 1 unspecified atom stereocenters. The molecule has 1 atom stereocenters. The molecule has 0 bridgehead atoms. The molecule has 2 aliphatic heterocycles. The van der Waals surface area contributed by atoms with E-state index in [0.29, 0.717) is 18.2 Å². The number of piperidine rings is 1. The number of rotatable bonds is 6. The van der Waals surface area contributed by atoms with Gasteiger partial charge in [0.1, 0.15) is 18.1 Å². The van der Waals surface area contributed by atoms with Gasteiger partial charge in [0.25, 0.3) is 0 Å². The zero-order valence-corrected chi connectivity index (χ0v) is 16.2. The van der Waals surface area contributed by atoms with E-state index in [1.54, 1.807) is 0 Å². The summed E-state index contributed by atoms with van der Waals surface area (Å²) in [6, 6.07) is 10.5. The molecule has 27 heavy (non-hydrogen) atoms. The predicted molar refractivity (Wildman–Crippen MR) is 104 cm³/mol. The number of cyclic esters (lactones) is 1. The molecule has 0 radical (unpaired) electrons. The number of ether oxygens (including phenoxy) is 1. The first-order valence-corrected chi connectivity index (χ1v) is 9.92. The molecule has 4 rings (SSSR count). The number of furan rings is 1. The molecule has 1 aromatic carbocycles. The van der Waals surface area contributed by atoms with Crippen molar-refractivity contribution in [2.75, 3.05) is 26.7 Å². The second-order valence-electron chi connectivity index (χ2n) is 7.83. The van der Waals surface area contributed by atoms with Gasteiger partial charge in [-0.15, -0.1) is 0 Å². The minimum Gasteiger partial charge on any atom is -0.460 e. The van der Waals surface area contributed by atoms with Crippen LogP contribution >= 0.6 is 0 Å². The van der Waals surface area contributed by atoms with Crippen LogP contribution in [-0.4, -0.2) is 48.5 Å². The molecular weight excluding hydrogens is 340 g/mol. The zero-order valence-electron chi connectivity index (χ0n) is 16.2. The Balaban J connectivity index is 1.35. The van der Waals surface area contributed by atoms with Crippen LogP contribution < -0.4 is 0 Å². The largest absolute Gasteiger partial charge is 0.460 e. The summed E-state index contributed by atoms with van der Waals surface area (Å²) < 4.78 is 11.1. The smallest absolute Gasteiger partial charge is 0.338 e. The molecule has 3 heterocycles. The Labute approximate surface area is 160 Å². The number of carbonyl (C=O) groups is 1. The number of likely N-dealkylation sites (N-methyl/N-ethyl adjacent to an activating group) is 1. The van der Waals surface area contributed by atoms with Gasteiger partial charge in [0.2, 0.25) is 0 Å². The lowest BCUT2D eigenvalue weighted by Gasteiger charge is -2.34. The number of nitrogens with zero attached hydrogens (tertiary/aromatic N) is 2. The second-order valence-corrected chi connectivity index (χ2v) is 7.83. The molecule has 0 saturated carbocycles. The minimum atomic E-state index is -0.245. The van der Waals surface area contributed by atoms with Gasteiger partial charge >= 0.3 is 5.97 Å². The first-order valence-electron chi connectivity index (χ1n) is 9.92. The quantitative estimate of drug-likeness (QED) is 0.723. The fraction of sp³-hybridized carbons (Fsp3) is 0.500. The van der Waals surface area contributed by atoms with Crippen molar-refractivity contribution in [1.82, 2.24) is 9.80 Å². The maximum Gasteiger partial charge on any atom is 0.338 e. The highest BCUT2D eigenvalue weighted by Crippen LogP contribution is 2.28. The van der Waals surface area contributed by atoms with Gasteiger partial charge in [-0.25, -0.2) is 4.79 Å².